The lowest BCUT2D eigenvalue weighted by molar-refractivity contribution is 0.0923. The Morgan fingerprint density at radius 2 is 1.81 bits per heavy atom. The van der Waals surface area contributed by atoms with Crippen molar-refractivity contribution < 1.29 is 9.21 Å². The van der Waals surface area contributed by atoms with Gasteiger partial charge < -0.3 is 9.73 Å². The maximum Gasteiger partial charge on any atom is 0.287 e. The van der Waals surface area contributed by atoms with Crippen molar-refractivity contribution in [1.29, 1.82) is 0 Å². The molecule has 3 aromatic carbocycles. The molecule has 0 unspecified atom stereocenters. The number of carbonyl (C=O) groups excluding carboxylic acids is 1. The molecule has 1 N–H and O–H groups in total. The van der Waals surface area contributed by atoms with E-state index in [0.717, 1.165) is 21.9 Å². The van der Waals surface area contributed by atoms with Gasteiger partial charge in [0.25, 0.3) is 5.91 Å². The van der Waals surface area contributed by atoms with E-state index >= 15 is 0 Å². The number of aryl methyl sites for hydroxylation is 1. The molecule has 0 saturated heterocycles. The highest BCUT2D eigenvalue weighted by atomic mass is 35.5. The van der Waals surface area contributed by atoms with Crippen molar-refractivity contribution in [3.63, 3.8) is 0 Å². The molecule has 0 spiro atoms. The highest BCUT2D eigenvalue weighted by Crippen LogP contribution is 2.22. The number of hydrogen-bond acceptors (Lipinski definition) is 3. The molecule has 4 nitrogen and oxygen atoms in total. The van der Waals surface area contributed by atoms with Gasteiger partial charge in [-0.3, -0.25) is 9.59 Å². The van der Waals surface area contributed by atoms with Crippen molar-refractivity contribution in [1.82, 2.24) is 5.32 Å². The maximum absolute atomic E-state index is 12.5. The summed E-state index contributed by atoms with van der Waals surface area (Å²) in [4.78, 5) is 24.7. The van der Waals surface area contributed by atoms with Crippen LogP contribution >= 0.6 is 11.6 Å². The number of hydrogen-bond donors (Lipinski definition) is 1. The molecule has 0 aliphatic carbocycles. The van der Waals surface area contributed by atoms with Gasteiger partial charge in [0.1, 0.15) is 5.58 Å². The summed E-state index contributed by atoms with van der Waals surface area (Å²) in [5.74, 6) is -0.454. The topological polar surface area (TPSA) is 59.3 Å². The average molecular weight is 378 g/mol. The van der Waals surface area contributed by atoms with E-state index in [2.05, 4.69) is 5.32 Å². The number of benzene rings is 3. The predicted molar refractivity (Wildman–Crippen MR) is 107 cm³/mol. The molecule has 0 fully saturated rings. The number of fused-ring (bicyclic) bond motifs is 2. The average Bonchev–Trinajstić information content (AvgIpc) is 2.67. The fourth-order valence-corrected chi connectivity index (χ4v) is 3.17. The summed E-state index contributed by atoms with van der Waals surface area (Å²) in [6.45, 7) is 2.15. The summed E-state index contributed by atoms with van der Waals surface area (Å²) >= 11 is 6.06. The molecule has 0 radical (unpaired) electrons. The Balaban J connectivity index is 1.58. The van der Waals surface area contributed by atoms with E-state index < -0.39 is 5.91 Å². The second-order valence-electron chi connectivity index (χ2n) is 6.44. The van der Waals surface area contributed by atoms with Gasteiger partial charge in [0, 0.05) is 17.6 Å². The van der Waals surface area contributed by atoms with Crippen LogP contribution in [0, 0.1) is 6.92 Å². The van der Waals surface area contributed by atoms with Gasteiger partial charge in [-0.05, 0) is 47.0 Å². The molecule has 27 heavy (non-hydrogen) atoms. The Morgan fingerprint density at radius 3 is 2.63 bits per heavy atom. The molecule has 0 saturated carbocycles. The summed E-state index contributed by atoms with van der Waals surface area (Å²) in [6.07, 6.45) is 0. The first-order chi connectivity index (χ1) is 13.0. The third-order valence-electron chi connectivity index (χ3n) is 4.50. The van der Waals surface area contributed by atoms with Gasteiger partial charge in [-0.15, -0.1) is 0 Å². The van der Waals surface area contributed by atoms with E-state index in [9.17, 15) is 9.59 Å². The molecule has 1 aromatic heterocycles. The van der Waals surface area contributed by atoms with Gasteiger partial charge in [0.05, 0.1) is 5.39 Å². The Kier molecular flexibility index (Phi) is 4.42. The van der Waals surface area contributed by atoms with Crippen LogP contribution in [0.4, 0.5) is 0 Å². The minimum atomic E-state index is -0.435. The van der Waals surface area contributed by atoms with E-state index in [1.807, 2.05) is 49.4 Å². The van der Waals surface area contributed by atoms with E-state index in [0.29, 0.717) is 22.5 Å². The maximum atomic E-state index is 12.5. The summed E-state index contributed by atoms with van der Waals surface area (Å²) in [5.41, 5.74) is 1.79. The zero-order valence-corrected chi connectivity index (χ0v) is 15.3. The SMILES string of the molecule is Cc1cc2oc(C(=O)NCc3ccc4ccccc4c3)cc(=O)c2cc1Cl. The van der Waals surface area contributed by atoms with Crippen molar-refractivity contribution in [3.05, 3.63) is 92.8 Å². The molecular formula is C22H16ClNO3. The van der Waals surface area contributed by atoms with Crippen LogP contribution in [0.3, 0.4) is 0 Å². The van der Waals surface area contributed by atoms with Gasteiger partial charge in [-0.2, -0.15) is 0 Å². The van der Waals surface area contributed by atoms with E-state index in [4.69, 9.17) is 16.0 Å². The van der Waals surface area contributed by atoms with Crippen molar-refractivity contribution in [2.75, 3.05) is 0 Å². The van der Waals surface area contributed by atoms with Crippen molar-refractivity contribution >= 4 is 39.2 Å². The molecule has 4 aromatic rings. The summed E-state index contributed by atoms with van der Waals surface area (Å²) in [6, 6.07) is 18.5. The summed E-state index contributed by atoms with van der Waals surface area (Å²) in [5, 5.41) is 5.89. The molecule has 0 aliphatic rings. The van der Waals surface area contributed by atoms with Gasteiger partial charge in [0.2, 0.25) is 0 Å². The number of nitrogens with one attached hydrogen (secondary N) is 1. The van der Waals surface area contributed by atoms with Crippen molar-refractivity contribution in [2.24, 2.45) is 0 Å². The Bertz CT molecular complexity index is 1240. The predicted octanol–water partition coefficient (Wildman–Crippen LogP) is 4.84. The first-order valence-corrected chi connectivity index (χ1v) is 8.89. The van der Waals surface area contributed by atoms with E-state index in [-0.39, 0.29) is 11.2 Å². The number of carbonyl (C=O) groups is 1. The van der Waals surface area contributed by atoms with Gasteiger partial charge in [-0.1, -0.05) is 48.0 Å². The highest BCUT2D eigenvalue weighted by Gasteiger charge is 2.13. The number of halogens is 1. The first kappa shape index (κ1) is 17.3. The molecular weight excluding hydrogens is 362 g/mol. The fraction of sp³-hybridized carbons (Fsp3) is 0.0909. The monoisotopic (exact) mass is 377 g/mol. The van der Waals surface area contributed by atoms with Crippen molar-refractivity contribution in [2.45, 2.75) is 13.5 Å². The first-order valence-electron chi connectivity index (χ1n) is 8.51. The molecule has 5 heteroatoms. The lowest BCUT2D eigenvalue weighted by Gasteiger charge is -2.07. The van der Waals surface area contributed by atoms with Crippen molar-refractivity contribution in [3.8, 4) is 0 Å². The molecule has 0 atom stereocenters. The standard InChI is InChI=1S/C22H16ClNO3/c1-13-8-20-17(10-18(13)23)19(25)11-21(27-20)22(26)24-12-14-6-7-15-4-2-3-5-16(15)9-14/h2-11H,12H2,1H3,(H,24,26). The van der Waals surface area contributed by atoms with Gasteiger partial charge in [-0.25, -0.2) is 0 Å². The second kappa shape index (κ2) is 6.89. The van der Waals surface area contributed by atoms with Crippen LogP contribution in [0.2, 0.25) is 5.02 Å². The minimum absolute atomic E-state index is 0.0185. The summed E-state index contributed by atoms with van der Waals surface area (Å²) < 4.78 is 5.63. The normalized spacial score (nSPS) is 11.0. The molecule has 0 bridgehead atoms. The smallest absolute Gasteiger partial charge is 0.287 e. The van der Waals surface area contributed by atoms with Crippen LogP contribution in [0.1, 0.15) is 21.7 Å². The number of amides is 1. The zero-order chi connectivity index (χ0) is 19.0. The second-order valence-corrected chi connectivity index (χ2v) is 6.84. The van der Waals surface area contributed by atoms with Crippen LogP contribution < -0.4 is 10.7 Å². The largest absolute Gasteiger partial charge is 0.451 e. The Hall–Kier alpha value is -3.11. The minimum Gasteiger partial charge on any atom is -0.451 e. The van der Waals surface area contributed by atoms with Gasteiger partial charge in [0.15, 0.2) is 11.2 Å². The molecule has 1 heterocycles. The fourth-order valence-electron chi connectivity index (χ4n) is 3.01. The molecule has 4 rings (SSSR count). The third kappa shape index (κ3) is 3.44. The zero-order valence-electron chi connectivity index (χ0n) is 14.6. The van der Waals surface area contributed by atoms with Crippen LogP contribution in [0.15, 0.2) is 69.9 Å². The quantitative estimate of drug-likeness (QED) is 0.555. The lowest BCUT2D eigenvalue weighted by atomic mass is 10.1. The van der Waals surface area contributed by atoms with Crippen LogP contribution in [-0.4, -0.2) is 5.91 Å². The van der Waals surface area contributed by atoms with Crippen LogP contribution in [0.5, 0.6) is 0 Å². The van der Waals surface area contributed by atoms with Crippen LogP contribution in [0.25, 0.3) is 21.7 Å². The Labute approximate surface area is 160 Å². The molecule has 134 valence electrons. The van der Waals surface area contributed by atoms with E-state index in [1.165, 1.54) is 6.07 Å². The highest BCUT2D eigenvalue weighted by molar-refractivity contribution is 6.32. The third-order valence-corrected chi connectivity index (χ3v) is 4.91. The summed E-state index contributed by atoms with van der Waals surface area (Å²) in [7, 11) is 0. The molecule has 0 aliphatic heterocycles. The molecule has 1 amide bonds. The number of rotatable bonds is 3. The van der Waals surface area contributed by atoms with Gasteiger partial charge >= 0.3 is 0 Å². The lowest BCUT2D eigenvalue weighted by Crippen LogP contribution is -2.24. The Morgan fingerprint density at radius 1 is 1.04 bits per heavy atom. The van der Waals surface area contributed by atoms with E-state index in [1.54, 1.807) is 12.1 Å². The van der Waals surface area contributed by atoms with Crippen LogP contribution in [-0.2, 0) is 6.54 Å².